The van der Waals surface area contributed by atoms with E-state index >= 15 is 0 Å². The van der Waals surface area contributed by atoms with Gasteiger partial charge in [-0.05, 0) is 42.5 Å². The molecule has 0 radical (unpaired) electrons. The van der Waals surface area contributed by atoms with Gasteiger partial charge in [0.25, 0.3) is 5.56 Å². The van der Waals surface area contributed by atoms with Crippen molar-refractivity contribution >= 4 is 40.2 Å². The Balaban J connectivity index is 1.79. The van der Waals surface area contributed by atoms with Crippen LogP contribution in [0, 0.1) is 5.92 Å². The van der Waals surface area contributed by atoms with Crippen molar-refractivity contribution in [3.8, 4) is 0 Å². The van der Waals surface area contributed by atoms with Crippen molar-refractivity contribution in [3.05, 3.63) is 69.5 Å². The topological polar surface area (TPSA) is 64.0 Å². The molecule has 3 aromatic rings. The van der Waals surface area contributed by atoms with Crippen molar-refractivity contribution in [2.24, 2.45) is 5.92 Å². The van der Waals surface area contributed by atoms with E-state index in [-0.39, 0.29) is 23.4 Å². The Kier molecular flexibility index (Phi) is 6.16. The number of nitrogens with zero attached hydrogens (tertiary/aromatic N) is 2. The molecule has 7 heteroatoms. The van der Waals surface area contributed by atoms with Gasteiger partial charge in [-0.15, -0.1) is 0 Å². The van der Waals surface area contributed by atoms with E-state index in [0.29, 0.717) is 27.6 Å². The fourth-order valence-corrected chi connectivity index (χ4v) is 4.59. The van der Waals surface area contributed by atoms with Gasteiger partial charge in [-0.25, -0.2) is 4.98 Å². The predicted molar refractivity (Wildman–Crippen MR) is 122 cm³/mol. The van der Waals surface area contributed by atoms with Gasteiger partial charge in [0.15, 0.2) is 5.16 Å². The van der Waals surface area contributed by atoms with Crippen LogP contribution in [0.2, 0.25) is 5.02 Å². The monoisotopic (exact) mass is 441 g/mol. The summed E-state index contributed by atoms with van der Waals surface area (Å²) in [6.45, 7) is 4.62. The van der Waals surface area contributed by atoms with Crippen LogP contribution in [0.1, 0.15) is 37.5 Å². The van der Waals surface area contributed by atoms with Crippen LogP contribution in [0.25, 0.3) is 10.9 Å². The maximum absolute atomic E-state index is 13.3. The highest BCUT2D eigenvalue weighted by molar-refractivity contribution is 8.00. The van der Waals surface area contributed by atoms with Gasteiger partial charge in [0, 0.05) is 17.6 Å². The molecule has 0 bridgehead atoms. The zero-order valence-corrected chi connectivity index (χ0v) is 18.5. The SMILES string of the molecule is CC(C)Cn1c(SC(C(=O)NC2CC2)c2ccccc2)nc2ccc(Cl)cc2c1=O. The summed E-state index contributed by atoms with van der Waals surface area (Å²) in [4.78, 5) is 31.1. The lowest BCUT2D eigenvalue weighted by atomic mass is 10.1. The van der Waals surface area contributed by atoms with Gasteiger partial charge in [0.05, 0.1) is 10.9 Å². The van der Waals surface area contributed by atoms with Crippen LogP contribution in [0.4, 0.5) is 0 Å². The van der Waals surface area contributed by atoms with E-state index in [1.54, 1.807) is 22.8 Å². The molecule has 0 saturated heterocycles. The number of carbonyl (C=O) groups excluding carboxylic acids is 1. The molecule has 1 aliphatic carbocycles. The molecule has 0 aliphatic heterocycles. The Morgan fingerprint density at radius 3 is 2.63 bits per heavy atom. The van der Waals surface area contributed by atoms with Gasteiger partial charge in [-0.2, -0.15) is 0 Å². The number of carbonyl (C=O) groups is 1. The Hall–Kier alpha value is -2.31. The minimum absolute atomic E-state index is 0.0461. The Bertz CT molecular complexity index is 1130. The Labute approximate surface area is 184 Å². The second kappa shape index (κ2) is 8.82. The molecular formula is C23H24ClN3O2S. The molecule has 1 atom stereocenters. The molecule has 1 heterocycles. The van der Waals surface area contributed by atoms with E-state index in [1.807, 2.05) is 30.3 Å². The summed E-state index contributed by atoms with van der Waals surface area (Å²) in [5, 5.41) is 4.16. The maximum Gasteiger partial charge on any atom is 0.262 e. The third-order valence-electron chi connectivity index (χ3n) is 4.92. The first kappa shape index (κ1) is 20.9. The molecule has 1 fully saturated rings. The van der Waals surface area contributed by atoms with Crippen LogP contribution in [0.15, 0.2) is 58.5 Å². The summed E-state index contributed by atoms with van der Waals surface area (Å²) < 4.78 is 1.67. The van der Waals surface area contributed by atoms with Crippen LogP contribution in [-0.4, -0.2) is 21.5 Å². The van der Waals surface area contributed by atoms with Crippen molar-refractivity contribution < 1.29 is 4.79 Å². The van der Waals surface area contributed by atoms with Crippen LogP contribution in [-0.2, 0) is 11.3 Å². The fourth-order valence-electron chi connectivity index (χ4n) is 3.30. The summed E-state index contributed by atoms with van der Waals surface area (Å²) in [6, 6.07) is 15.0. The first-order valence-electron chi connectivity index (χ1n) is 10.1. The summed E-state index contributed by atoms with van der Waals surface area (Å²) in [5.41, 5.74) is 1.34. The molecule has 1 unspecified atom stereocenters. The van der Waals surface area contributed by atoms with Gasteiger partial charge < -0.3 is 5.32 Å². The van der Waals surface area contributed by atoms with Crippen LogP contribution in [0.5, 0.6) is 0 Å². The third kappa shape index (κ3) is 4.71. The van der Waals surface area contributed by atoms with Gasteiger partial charge in [0.2, 0.25) is 5.91 Å². The molecule has 2 aromatic carbocycles. The zero-order valence-electron chi connectivity index (χ0n) is 17.0. The zero-order chi connectivity index (χ0) is 21.3. The molecule has 156 valence electrons. The fraction of sp³-hybridized carbons (Fsp3) is 0.348. The number of amides is 1. The van der Waals surface area contributed by atoms with Gasteiger partial charge in [0.1, 0.15) is 5.25 Å². The number of thioether (sulfide) groups is 1. The second-order valence-corrected chi connectivity index (χ2v) is 9.57. The summed E-state index contributed by atoms with van der Waals surface area (Å²) >= 11 is 7.44. The third-order valence-corrected chi connectivity index (χ3v) is 6.40. The van der Waals surface area contributed by atoms with Crippen LogP contribution in [0.3, 0.4) is 0 Å². The molecule has 0 spiro atoms. The van der Waals surface area contributed by atoms with Crippen molar-refractivity contribution in [2.45, 2.75) is 49.7 Å². The van der Waals surface area contributed by atoms with Crippen LogP contribution >= 0.6 is 23.4 Å². The van der Waals surface area contributed by atoms with Gasteiger partial charge in [-0.1, -0.05) is 67.5 Å². The lowest BCUT2D eigenvalue weighted by Gasteiger charge is -2.20. The number of fused-ring (bicyclic) bond motifs is 1. The quantitative estimate of drug-likeness (QED) is 0.421. The average molecular weight is 442 g/mol. The number of halogens is 1. The second-order valence-electron chi connectivity index (χ2n) is 8.06. The van der Waals surface area contributed by atoms with Crippen molar-refractivity contribution in [1.82, 2.24) is 14.9 Å². The maximum atomic E-state index is 13.3. The number of rotatable bonds is 7. The first-order chi connectivity index (χ1) is 14.4. The lowest BCUT2D eigenvalue weighted by molar-refractivity contribution is -0.120. The number of aromatic nitrogens is 2. The summed E-state index contributed by atoms with van der Waals surface area (Å²) in [7, 11) is 0. The van der Waals surface area contributed by atoms with E-state index < -0.39 is 5.25 Å². The average Bonchev–Trinajstić information content (AvgIpc) is 3.53. The van der Waals surface area contributed by atoms with E-state index in [0.717, 1.165) is 18.4 Å². The highest BCUT2D eigenvalue weighted by atomic mass is 35.5. The molecule has 1 N–H and O–H groups in total. The molecule has 1 aromatic heterocycles. The highest BCUT2D eigenvalue weighted by Crippen LogP contribution is 2.36. The predicted octanol–water partition coefficient (Wildman–Crippen LogP) is 4.82. The molecule has 5 nitrogen and oxygen atoms in total. The molecule has 30 heavy (non-hydrogen) atoms. The molecule has 1 saturated carbocycles. The van der Waals surface area contributed by atoms with Crippen molar-refractivity contribution in [2.75, 3.05) is 0 Å². The van der Waals surface area contributed by atoms with Crippen LogP contribution < -0.4 is 10.9 Å². The van der Waals surface area contributed by atoms with E-state index in [9.17, 15) is 9.59 Å². The number of nitrogens with one attached hydrogen (secondary N) is 1. The Morgan fingerprint density at radius 2 is 1.97 bits per heavy atom. The van der Waals surface area contributed by atoms with Gasteiger partial charge in [-0.3, -0.25) is 14.2 Å². The van der Waals surface area contributed by atoms with E-state index in [4.69, 9.17) is 16.6 Å². The molecule has 1 aliphatic rings. The van der Waals surface area contributed by atoms with Crippen molar-refractivity contribution in [3.63, 3.8) is 0 Å². The lowest BCUT2D eigenvalue weighted by Crippen LogP contribution is -2.31. The Morgan fingerprint density at radius 1 is 1.23 bits per heavy atom. The smallest absolute Gasteiger partial charge is 0.262 e. The van der Waals surface area contributed by atoms with Gasteiger partial charge >= 0.3 is 0 Å². The summed E-state index contributed by atoms with van der Waals surface area (Å²) in [6.07, 6.45) is 2.04. The van der Waals surface area contributed by atoms with E-state index in [2.05, 4.69) is 19.2 Å². The normalized spacial score (nSPS) is 14.8. The standard InChI is InChI=1S/C23H24ClN3O2S/c1-14(2)13-27-22(29)18-12-16(24)8-11-19(18)26-23(27)30-20(15-6-4-3-5-7-15)21(28)25-17-9-10-17/h3-8,11-12,14,17,20H,9-10,13H2,1-2H3,(H,25,28). The highest BCUT2D eigenvalue weighted by Gasteiger charge is 2.30. The first-order valence-corrected chi connectivity index (χ1v) is 11.4. The number of benzene rings is 2. The minimum Gasteiger partial charge on any atom is -0.352 e. The van der Waals surface area contributed by atoms with E-state index in [1.165, 1.54) is 11.8 Å². The number of hydrogen-bond acceptors (Lipinski definition) is 4. The molecule has 1 amide bonds. The molecule has 4 rings (SSSR count). The number of hydrogen-bond donors (Lipinski definition) is 1. The van der Waals surface area contributed by atoms with Crippen molar-refractivity contribution in [1.29, 1.82) is 0 Å². The summed E-state index contributed by atoms with van der Waals surface area (Å²) in [5.74, 6) is 0.200. The molecular weight excluding hydrogens is 418 g/mol. The minimum atomic E-state index is -0.484. The largest absolute Gasteiger partial charge is 0.352 e.